The summed E-state index contributed by atoms with van der Waals surface area (Å²) in [5.74, 6) is -1.38. The number of hydrogen-bond donors (Lipinski definition) is 2. The molecule has 0 saturated carbocycles. The summed E-state index contributed by atoms with van der Waals surface area (Å²) in [7, 11) is 0. The number of nitriles is 1. The average molecular weight is 394 g/mol. The summed E-state index contributed by atoms with van der Waals surface area (Å²) in [6.45, 7) is 0. The molecule has 7 heteroatoms. The van der Waals surface area contributed by atoms with E-state index in [-0.39, 0.29) is 16.1 Å². The average Bonchev–Trinajstić information content (AvgIpc) is 3.15. The van der Waals surface area contributed by atoms with E-state index in [1.807, 2.05) is 0 Å². The van der Waals surface area contributed by atoms with Crippen LogP contribution in [0.3, 0.4) is 0 Å². The third-order valence-electron chi connectivity index (χ3n) is 3.96. The number of carbonyl (C=O) groups is 2. The van der Waals surface area contributed by atoms with Crippen LogP contribution in [0.2, 0.25) is 5.02 Å². The molecule has 0 atom stereocenters. The number of halogens is 1. The van der Waals surface area contributed by atoms with Crippen LogP contribution in [-0.4, -0.2) is 22.2 Å². The van der Waals surface area contributed by atoms with Crippen molar-refractivity contribution in [3.05, 3.63) is 82.1 Å². The van der Waals surface area contributed by atoms with Crippen molar-refractivity contribution in [2.75, 3.05) is 0 Å². The van der Waals surface area contributed by atoms with Crippen LogP contribution >= 0.6 is 11.6 Å². The van der Waals surface area contributed by atoms with E-state index < -0.39 is 11.9 Å². The Hall–Kier alpha value is -3.82. The molecule has 28 heavy (non-hydrogen) atoms. The largest absolute Gasteiger partial charge is 0.478 e. The third-order valence-corrected chi connectivity index (χ3v) is 4.29. The molecule has 2 aromatic carbocycles. The highest BCUT2D eigenvalue weighted by atomic mass is 35.5. The Bertz CT molecular complexity index is 1140. The van der Waals surface area contributed by atoms with Crippen LogP contribution in [0.1, 0.15) is 32.0 Å². The highest BCUT2D eigenvalue weighted by molar-refractivity contribution is 6.33. The maximum Gasteiger partial charge on any atom is 0.337 e. The molecule has 0 spiro atoms. The summed E-state index contributed by atoms with van der Waals surface area (Å²) in [6, 6.07) is 15.8. The highest BCUT2D eigenvalue weighted by Crippen LogP contribution is 2.28. The molecule has 1 aromatic heterocycles. The third kappa shape index (κ3) is 3.95. The molecule has 1 heterocycles. The molecule has 0 radical (unpaired) electrons. The molecule has 0 fully saturated rings. The van der Waals surface area contributed by atoms with Crippen molar-refractivity contribution in [3.8, 4) is 17.4 Å². The lowest BCUT2D eigenvalue weighted by Crippen LogP contribution is -1.97. The standard InChI is InChI=1S/C21H12ClNO5/c22-18-7-5-14(10-17(18)21(26)27)19-8-6-16(28-19)9-15(11-23)12-1-3-13(4-2-12)20(24)25/h1-10H,(H,24,25)(H,26,27). The van der Waals surface area contributed by atoms with Crippen molar-refractivity contribution in [2.24, 2.45) is 0 Å². The van der Waals surface area contributed by atoms with Crippen LogP contribution in [0.15, 0.2) is 59.0 Å². The monoisotopic (exact) mass is 393 g/mol. The Balaban J connectivity index is 1.92. The molecule has 138 valence electrons. The summed E-state index contributed by atoms with van der Waals surface area (Å²) in [4.78, 5) is 22.1. The number of furan rings is 1. The lowest BCUT2D eigenvalue weighted by Gasteiger charge is -2.02. The first-order valence-corrected chi connectivity index (χ1v) is 8.35. The molecular formula is C21H12ClNO5. The maximum atomic E-state index is 11.2. The minimum atomic E-state index is -1.14. The quantitative estimate of drug-likeness (QED) is 0.586. The van der Waals surface area contributed by atoms with Gasteiger partial charge in [-0.15, -0.1) is 0 Å². The highest BCUT2D eigenvalue weighted by Gasteiger charge is 2.13. The number of carboxylic acids is 2. The van der Waals surface area contributed by atoms with Gasteiger partial charge in [0.25, 0.3) is 0 Å². The number of rotatable bonds is 5. The Morgan fingerprint density at radius 3 is 2.25 bits per heavy atom. The predicted molar refractivity (Wildman–Crippen MR) is 103 cm³/mol. The zero-order valence-corrected chi connectivity index (χ0v) is 15.0. The van der Waals surface area contributed by atoms with Gasteiger partial charge < -0.3 is 14.6 Å². The zero-order chi connectivity index (χ0) is 20.3. The minimum absolute atomic E-state index is 0.0381. The zero-order valence-electron chi connectivity index (χ0n) is 14.2. The number of hydrogen-bond acceptors (Lipinski definition) is 4. The molecule has 3 aromatic rings. The van der Waals surface area contributed by atoms with E-state index in [1.54, 1.807) is 30.3 Å². The van der Waals surface area contributed by atoms with Crippen LogP contribution in [0.5, 0.6) is 0 Å². The van der Waals surface area contributed by atoms with E-state index in [1.165, 1.54) is 30.3 Å². The summed E-state index contributed by atoms with van der Waals surface area (Å²) in [5.41, 5.74) is 1.46. The van der Waals surface area contributed by atoms with Gasteiger partial charge >= 0.3 is 11.9 Å². The Kier molecular flexibility index (Phi) is 5.30. The first kappa shape index (κ1) is 19.0. The van der Waals surface area contributed by atoms with Gasteiger partial charge in [-0.2, -0.15) is 5.26 Å². The lowest BCUT2D eigenvalue weighted by molar-refractivity contribution is 0.0686. The molecule has 6 nitrogen and oxygen atoms in total. The van der Waals surface area contributed by atoms with Crippen molar-refractivity contribution in [1.29, 1.82) is 5.26 Å². The van der Waals surface area contributed by atoms with Crippen molar-refractivity contribution in [1.82, 2.24) is 0 Å². The summed E-state index contributed by atoms with van der Waals surface area (Å²) < 4.78 is 5.70. The first-order chi connectivity index (χ1) is 13.4. The van der Waals surface area contributed by atoms with E-state index >= 15 is 0 Å². The number of allylic oxidation sites excluding steroid dienone is 1. The smallest absolute Gasteiger partial charge is 0.337 e. The van der Waals surface area contributed by atoms with E-state index in [0.717, 1.165) is 0 Å². The van der Waals surface area contributed by atoms with E-state index in [0.29, 0.717) is 28.2 Å². The van der Waals surface area contributed by atoms with Gasteiger partial charge in [0.15, 0.2) is 0 Å². The van der Waals surface area contributed by atoms with Crippen LogP contribution in [0, 0.1) is 11.3 Å². The molecule has 0 aliphatic carbocycles. The van der Waals surface area contributed by atoms with E-state index in [2.05, 4.69) is 6.07 Å². The van der Waals surface area contributed by atoms with Gasteiger partial charge in [-0.05, 0) is 54.1 Å². The van der Waals surface area contributed by atoms with Gasteiger partial charge in [0.1, 0.15) is 11.5 Å². The molecular weight excluding hydrogens is 382 g/mol. The second kappa shape index (κ2) is 7.82. The van der Waals surface area contributed by atoms with Gasteiger partial charge in [-0.25, -0.2) is 9.59 Å². The van der Waals surface area contributed by atoms with Crippen LogP contribution < -0.4 is 0 Å². The lowest BCUT2D eigenvalue weighted by atomic mass is 10.0. The normalized spacial score (nSPS) is 11.1. The van der Waals surface area contributed by atoms with Gasteiger partial charge in [0.2, 0.25) is 0 Å². The summed E-state index contributed by atoms with van der Waals surface area (Å²) in [5, 5.41) is 27.7. The molecule has 0 aliphatic rings. The molecule has 0 amide bonds. The van der Waals surface area contributed by atoms with E-state index in [9.17, 15) is 20.0 Å². The van der Waals surface area contributed by atoms with Gasteiger partial charge in [-0.1, -0.05) is 23.7 Å². The van der Waals surface area contributed by atoms with Gasteiger partial charge in [0.05, 0.1) is 27.8 Å². The van der Waals surface area contributed by atoms with Crippen LogP contribution in [-0.2, 0) is 0 Å². The number of carboxylic acid groups (broad SMARTS) is 2. The fourth-order valence-electron chi connectivity index (χ4n) is 2.54. The Morgan fingerprint density at radius 2 is 1.64 bits per heavy atom. The SMILES string of the molecule is N#CC(=Cc1ccc(-c2ccc(Cl)c(C(=O)O)c2)o1)c1ccc(C(=O)O)cc1. The van der Waals surface area contributed by atoms with Crippen LogP contribution in [0.25, 0.3) is 23.0 Å². The predicted octanol–water partition coefficient (Wildman–Crippen LogP) is 5.06. The topological polar surface area (TPSA) is 112 Å². The molecule has 3 rings (SSSR count). The molecule has 0 aliphatic heterocycles. The second-order valence-corrected chi connectivity index (χ2v) is 6.16. The summed E-state index contributed by atoms with van der Waals surface area (Å²) >= 11 is 5.88. The van der Waals surface area contributed by atoms with Gasteiger partial charge in [-0.3, -0.25) is 0 Å². The fraction of sp³-hybridized carbons (Fsp3) is 0. The second-order valence-electron chi connectivity index (χ2n) is 5.75. The Labute approximate surface area is 164 Å². The van der Waals surface area contributed by atoms with Crippen molar-refractivity contribution in [3.63, 3.8) is 0 Å². The summed E-state index contributed by atoms with van der Waals surface area (Å²) in [6.07, 6.45) is 1.52. The van der Waals surface area contributed by atoms with Crippen molar-refractivity contribution in [2.45, 2.75) is 0 Å². The molecule has 0 saturated heterocycles. The van der Waals surface area contributed by atoms with Crippen molar-refractivity contribution >= 4 is 35.2 Å². The minimum Gasteiger partial charge on any atom is -0.478 e. The molecule has 0 unspecified atom stereocenters. The fourth-order valence-corrected chi connectivity index (χ4v) is 2.74. The van der Waals surface area contributed by atoms with Gasteiger partial charge in [0, 0.05) is 5.56 Å². The van der Waals surface area contributed by atoms with Crippen LogP contribution in [0.4, 0.5) is 0 Å². The van der Waals surface area contributed by atoms with E-state index in [4.69, 9.17) is 21.1 Å². The first-order valence-electron chi connectivity index (χ1n) is 7.97. The van der Waals surface area contributed by atoms with Crippen molar-refractivity contribution < 1.29 is 24.2 Å². The maximum absolute atomic E-state index is 11.2. The number of nitrogens with zero attached hydrogens (tertiary/aromatic N) is 1. The molecule has 2 N–H and O–H groups in total. The molecule has 0 bridgehead atoms. The number of benzene rings is 2. The number of aromatic carboxylic acids is 2. The Morgan fingerprint density at radius 1 is 0.964 bits per heavy atom.